The third-order valence-electron chi connectivity index (χ3n) is 4.08. The first-order valence-electron chi connectivity index (χ1n) is 8.35. The molecule has 0 atom stereocenters. The van der Waals surface area contributed by atoms with E-state index in [1.54, 1.807) is 7.05 Å². The summed E-state index contributed by atoms with van der Waals surface area (Å²) in [4.78, 5) is 25.6. The van der Waals surface area contributed by atoms with Gasteiger partial charge in [0.1, 0.15) is 11.6 Å². The van der Waals surface area contributed by atoms with Gasteiger partial charge in [-0.2, -0.15) is 0 Å². The van der Waals surface area contributed by atoms with Crippen molar-refractivity contribution in [3.63, 3.8) is 0 Å². The van der Waals surface area contributed by atoms with Gasteiger partial charge in [0.25, 0.3) is 0 Å². The van der Waals surface area contributed by atoms with Crippen molar-refractivity contribution in [2.75, 3.05) is 25.5 Å². The summed E-state index contributed by atoms with van der Waals surface area (Å²) in [5.74, 6) is -0.310. The molecule has 0 aliphatic carbocycles. The normalized spacial score (nSPS) is 10.3. The Morgan fingerprint density at radius 3 is 2.50 bits per heavy atom. The molecule has 0 heterocycles. The molecule has 1 N–H and O–H groups in total. The third kappa shape index (κ3) is 5.58. The number of carbonyl (C=O) groups excluding carboxylic acids is 2. The minimum Gasteiger partial charge on any atom is -0.493 e. The van der Waals surface area contributed by atoms with E-state index in [1.807, 2.05) is 32.0 Å². The molecule has 26 heavy (non-hydrogen) atoms. The highest BCUT2D eigenvalue weighted by Gasteiger charge is 2.14. The Hall–Kier alpha value is -2.89. The van der Waals surface area contributed by atoms with Crippen LogP contribution in [0.2, 0.25) is 0 Å². The van der Waals surface area contributed by atoms with Crippen LogP contribution >= 0.6 is 0 Å². The standard InChI is InChI=1S/C20H23FN2O3/c1-14-5-4-6-18(15(14)2)22-19(24)13-23(3)20(25)11-12-26-17-9-7-16(21)8-10-17/h4-10H,11-13H2,1-3H3,(H,22,24). The van der Waals surface area contributed by atoms with Crippen molar-refractivity contribution in [1.82, 2.24) is 4.90 Å². The maximum atomic E-state index is 12.8. The summed E-state index contributed by atoms with van der Waals surface area (Å²) in [7, 11) is 1.57. The minimum atomic E-state index is -0.344. The van der Waals surface area contributed by atoms with Gasteiger partial charge in [-0.1, -0.05) is 12.1 Å². The average molecular weight is 358 g/mol. The molecule has 0 fully saturated rings. The smallest absolute Gasteiger partial charge is 0.243 e. The number of benzene rings is 2. The number of hydrogen-bond acceptors (Lipinski definition) is 3. The molecule has 0 saturated heterocycles. The molecule has 5 nitrogen and oxygen atoms in total. The lowest BCUT2D eigenvalue weighted by Crippen LogP contribution is -2.35. The number of hydrogen-bond donors (Lipinski definition) is 1. The van der Waals surface area contributed by atoms with Crippen LogP contribution in [0.4, 0.5) is 10.1 Å². The molecule has 2 rings (SSSR count). The lowest BCUT2D eigenvalue weighted by molar-refractivity contribution is -0.133. The molecule has 0 aromatic heterocycles. The minimum absolute atomic E-state index is 0.0389. The highest BCUT2D eigenvalue weighted by molar-refractivity contribution is 5.95. The number of ether oxygens (including phenoxy) is 1. The van der Waals surface area contributed by atoms with Gasteiger partial charge in [-0.3, -0.25) is 9.59 Å². The van der Waals surface area contributed by atoms with Crippen LogP contribution in [0.3, 0.4) is 0 Å². The molecule has 6 heteroatoms. The first-order valence-corrected chi connectivity index (χ1v) is 8.35. The molecular formula is C20H23FN2O3. The Balaban J connectivity index is 1.77. The summed E-state index contributed by atoms with van der Waals surface area (Å²) in [6.07, 6.45) is 0.130. The van der Waals surface area contributed by atoms with E-state index in [0.29, 0.717) is 5.75 Å². The molecule has 0 aliphatic rings. The molecule has 2 amide bonds. The maximum absolute atomic E-state index is 12.8. The molecule has 0 spiro atoms. The number of likely N-dealkylation sites (N-methyl/N-ethyl adjacent to an activating group) is 1. The van der Waals surface area contributed by atoms with E-state index >= 15 is 0 Å². The zero-order chi connectivity index (χ0) is 19.1. The van der Waals surface area contributed by atoms with Crippen LogP contribution in [0.15, 0.2) is 42.5 Å². The topological polar surface area (TPSA) is 58.6 Å². The Kier molecular flexibility index (Phi) is 6.72. The summed E-state index contributed by atoms with van der Waals surface area (Å²) in [6.45, 7) is 4.03. The third-order valence-corrected chi connectivity index (χ3v) is 4.08. The highest BCUT2D eigenvalue weighted by Crippen LogP contribution is 2.17. The predicted octanol–water partition coefficient (Wildman–Crippen LogP) is 3.31. The van der Waals surface area contributed by atoms with Crippen molar-refractivity contribution < 1.29 is 18.7 Å². The lowest BCUT2D eigenvalue weighted by atomic mass is 10.1. The first-order chi connectivity index (χ1) is 12.4. The van der Waals surface area contributed by atoms with E-state index in [2.05, 4.69) is 5.32 Å². The van der Waals surface area contributed by atoms with Gasteiger partial charge in [0, 0.05) is 12.7 Å². The van der Waals surface area contributed by atoms with Crippen LogP contribution in [0.25, 0.3) is 0 Å². The summed E-state index contributed by atoms with van der Waals surface area (Å²) in [5, 5.41) is 2.82. The molecule has 0 saturated carbocycles. The van der Waals surface area contributed by atoms with Crippen LogP contribution in [-0.4, -0.2) is 36.9 Å². The number of carbonyl (C=O) groups is 2. The van der Waals surface area contributed by atoms with Crippen molar-refractivity contribution in [3.05, 3.63) is 59.4 Å². The van der Waals surface area contributed by atoms with Gasteiger partial charge in [-0.25, -0.2) is 4.39 Å². The Morgan fingerprint density at radius 1 is 1.12 bits per heavy atom. The number of aryl methyl sites for hydroxylation is 1. The molecule has 0 aliphatic heterocycles. The van der Waals surface area contributed by atoms with Gasteiger partial charge >= 0.3 is 0 Å². The van der Waals surface area contributed by atoms with Crippen molar-refractivity contribution in [3.8, 4) is 5.75 Å². The van der Waals surface area contributed by atoms with Gasteiger partial charge in [0.15, 0.2) is 0 Å². The van der Waals surface area contributed by atoms with Crippen LogP contribution < -0.4 is 10.1 Å². The van der Waals surface area contributed by atoms with E-state index in [9.17, 15) is 14.0 Å². The van der Waals surface area contributed by atoms with Gasteiger partial charge in [0.05, 0.1) is 19.6 Å². The number of rotatable bonds is 7. The number of nitrogens with zero attached hydrogens (tertiary/aromatic N) is 1. The maximum Gasteiger partial charge on any atom is 0.243 e. The predicted molar refractivity (Wildman–Crippen MR) is 98.7 cm³/mol. The van der Waals surface area contributed by atoms with E-state index in [-0.39, 0.29) is 37.2 Å². The van der Waals surface area contributed by atoms with E-state index < -0.39 is 0 Å². The molecule has 2 aromatic carbocycles. The SMILES string of the molecule is Cc1cccc(NC(=O)CN(C)C(=O)CCOc2ccc(F)cc2)c1C. The summed E-state index contributed by atoms with van der Waals surface area (Å²) in [6, 6.07) is 11.3. The summed E-state index contributed by atoms with van der Waals surface area (Å²) >= 11 is 0. The Morgan fingerprint density at radius 2 is 1.81 bits per heavy atom. The average Bonchev–Trinajstić information content (AvgIpc) is 2.60. The van der Waals surface area contributed by atoms with Crippen LogP contribution in [-0.2, 0) is 9.59 Å². The number of amides is 2. The second-order valence-electron chi connectivity index (χ2n) is 6.10. The second-order valence-corrected chi connectivity index (χ2v) is 6.10. The quantitative estimate of drug-likeness (QED) is 0.826. The van der Waals surface area contributed by atoms with Gasteiger partial charge in [-0.05, 0) is 55.3 Å². The summed E-state index contributed by atoms with van der Waals surface area (Å²) in [5.41, 5.74) is 2.84. The molecule has 0 radical (unpaired) electrons. The Labute approximate surface area is 152 Å². The van der Waals surface area contributed by atoms with Crippen LogP contribution in [0.1, 0.15) is 17.5 Å². The Bertz CT molecular complexity index is 775. The van der Waals surface area contributed by atoms with E-state index in [1.165, 1.54) is 29.2 Å². The monoisotopic (exact) mass is 358 g/mol. The fourth-order valence-electron chi connectivity index (χ4n) is 2.36. The molecule has 2 aromatic rings. The van der Waals surface area contributed by atoms with Crippen molar-refractivity contribution in [2.24, 2.45) is 0 Å². The first kappa shape index (κ1) is 19.4. The second kappa shape index (κ2) is 8.99. The summed E-state index contributed by atoms with van der Waals surface area (Å²) < 4.78 is 18.2. The van der Waals surface area contributed by atoms with Crippen LogP contribution in [0.5, 0.6) is 5.75 Å². The number of halogens is 1. The fourth-order valence-corrected chi connectivity index (χ4v) is 2.36. The number of anilines is 1. The lowest BCUT2D eigenvalue weighted by Gasteiger charge is -2.18. The zero-order valence-electron chi connectivity index (χ0n) is 15.2. The molecule has 138 valence electrons. The van der Waals surface area contributed by atoms with Gasteiger partial charge < -0.3 is 15.0 Å². The van der Waals surface area contributed by atoms with Gasteiger partial charge in [-0.15, -0.1) is 0 Å². The van der Waals surface area contributed by atoms with Crippen molar-refractivity contribution in [1.29, 1.82) is 0 Å². The van der Waals surface area contributed by atoms with Gasteiger partial charge in [0.2, 0.25) is 11.8 Å². The van der Waals surface area contributed by atoms with Crippen molar-refractivity contribution >= 4 is 17.5 Å². The molecule has 0 bridgehead atoms. The van der Waals surface area contributed by atoms with Crippen molar-refractivity contribution in [2.45, 2.75) is 20.3 Å². The molecule has 0 unspecified atom stereocenters. The highest BCUT2D eigenvalue weighted by atomic mass is 19.1. The number of nitrogens with one attached hydrogen (secondary N) is 1. The van der Waals surface area contributed by atoms with E-state index in [4.69, 9.17) is 4.74 Å². The van der Waals surface area contributed by atoms with Crippen LogP contribution in [0, 0.1) is 19.7 Å². The fraction of sp³-hybridized carbons (Fsp3) is 0.300. The van der Waals surface area contributed by atoms with E-state index in [0.717, 1.165) is 16.8 Å². The zero-order valence-corrected chi connectivity index (χ0v) is 15.2. The largest absolute Gasteiger partial charge is 0.493 e. The molecular weight excluding hydrogens is 335 g/mol.